The Bertz CT molecular complexity index is 979. The molecule has 0 saturated carbocycles. The van der Waals surface area contributed by atoms with Gasteiger partial charge >= 0.3 is 0 Å². The molecule has 2 aromatic carbocycles. The van der Waals surface area contributed by atoms with Crippen LogP contribution in [0.4, 0.5) is 11.4 Å². The van der Waals surface area contributed by atoms with Crippen molar-refractivity contribution in [3.8, 4) is 34.4 Å². The molecule has 0 aliphatic heterocycles. The maximum Gasteiger partial charge on any atom is 0.161 e. The number of benzene rings is 2. The average Bonchev–Trinajstić information content (AvgIpc) is 2.73. The summed E-state index contributed by atoms with van der Waals surface area (Å²) in [7, 11) is 4.79. The van der Waals surface area contributed by atoms with Crippen LogP contribution in [0.5, 0.6) is 17.2 Å². The standard InChI is InChI=1S/C21H19N3O3/c1-25-17-7-5-16(6-8-17)24-21-15(11-22)12-23-13-18(21)14-4-9-19(26-2)20(10-14)27-3/h4-10,12-13H,1-3H3,(H,23,24). The van der Waals surface area contributed by atoms with E-state index in [1.165, 1.54) is 6.20 Å². The van der Waals surface area contributed by atoms with Gasteiger partial charge in [-0.1, -0.05) is 6.07 Å². The number of nitriles is 1. The number of hydrogen-bond acceptors (Lipinski definition) is 6. The Labute approximate surface area is 158 Å². The predicted octanol–water partition coefficient (Wildman–Crippen LogP) is 4.39. The molecule has 3 aromatic rings. The number of ether oxygens (including phenoxy) is 3. The molecule has 1 N–H and O–H groups in total. The van der Waals surface area contributed by atoms with E-state index >= 15 is 0 Å². The largest absolute Gasteiger partial charge is 0.497 e. The lowest BCUT2D eigenvalue weighted by Crippen LogP contribution is -1.99. The quantitative estimate of drug-likeness (QED) is 0.702. The van der Waals surface area contributed by atoms with Crippen molar-refractivity contribution in [2.75, 3.05) is 26.6 Å². The molecular weight excluding hydrogens is 342 g/mol. The minimum absolute atomic E-state index is 0.443. The van der Waals surface area contributed by atoms with Crippen molar-refractivity contribution in [2.45, 2.75) is 0 Å². The summed E-state index contributed by atoms with van der Waals surface area (Å²) in [6.45, 7) is 0. The molecule has 6 heteroatoms. The lowest BCUT2D eigenvalue weighted by Gasteiger charge is -2.15. The number of hydrogen-bond donors (Lipinski definition) is 1. The summed E-state index contributed by atoms with van der Waals surface area (Å²) in [5.41, 5.74) is 3.59. The van der Waals surface area contributed by atoms with E-state index in [2.05, 4.69) is 16.4 Å². The van der Waals surface area contributed by atoms with Gasteiger partial charge in [-0.05, 0) is 42.0 Å². The van der Waals surface area contributed by atoms with Gasteiger partial charge in [0.05, 0.1) is 32.6 Å². The lowest BCUT2D eigenvalue weighted by molar-refractivity contribution is 0.355. The molecule has 0 unspecified atom stereocenters. The van der Waals surface area contributed by atoms with Gasteiger partial charge in [0.1, 0.15) is 11.8 Å². The number of rotatable bonds is 6. The van der Waals surface area contributed by atoms with Gasteiger partial charge in [-0.3, -0.25) is 4.98 Å². The molecule has 6 nitrogen and oxygen atoms in total. The van der Waals surface area contributed by atoms with E-state index in [4.69, 9.17) is 14.2 Å². The summed E-state index contributed by atoms with van der Waals surface area (Å²) in [5, 5.41) is 12.9. The zero-order valence-electron chi connectivity index (χ0n) is 15.3. The molecule has 1 aromatic heterocycles. The SMILES string of the molecule is COc1ccc(Nc2c(C#N)cncc2-c2ccc(OC)c(OC)c2)cc1. The normalized spacial score (nSPS) is 10.0. The molecule has 0 aliphatic carbocycles. The summed E-state index contributed by atoms with van der Waals surface area (Å²) in [5.74, 6) is 2.00. The van der Waals surface area contributed by atoms with E-state index in [1.807, 2.05) is 42.5 Å². The van der Waals surface area contributed by atoms with Crippen LogP contribution in [0.15, 0.2) is 54.9 Å². The first-order chi connectivity index (χ1) is 13.2. The zero-order chi connectivity index (χ0) is 19.2. The molecule has 27 heavy (non-hydrogen) atoms. The topological polar surface area (TPSA) is 76.4 Å². The van der Waals surface area contributed by atoms with Crippen molar-refractivity contribution in [3.05, 3.63) is 60.4 Å². The Morgan fingerprint density at radius 1 is 0.889 bits per heavy atom. The fraction of sp³-hybridized carbons (Fsp3) is 0.143. The molecule has 0 fully saturated rings. The maximum absolute atomic E-state index is 9.54. The number of methoxy groups -OCH3 is 3. The highest BCUT2D eigenvalue weighted by atomic mass is 16.5. The second-order valence-corrected chi connectivity index (χ2v) is 5.64. The summed E-state index contributed by atoms with van der Waals surface area (Å²) in [4.78, 5) is 4.21. The Hall–Kier alpha value is -3.72. The highest BCUT2D eigenvalue weighted by Crippen LogP contribution is 2.37. The van der Waals surface area contributed by atoms with Crippen LogP contribution in [0.25, 0.3) is 11.1 Å². The van der Waals surface area contributed by atoms with E-state index in [-0.39, 0.29) is 0 Å². The second-order valence-electron chi connectivity index (χ2n) is 5.64. The van der Waals surface area contributed by atoms with E-state index in [9.17, 15) is 5.26 Å². The van der Waals surface area contributed by atoms with Crippen LogP contribution < -0.4 is 19.5 Å². The molecule has 0 atom stereocenters. The predicted molar refractivity (Wildman–Crippen MR) is 104 cm³/mol. The third kappa shape index (κ3) is 3.77. The van der Waals surface area contributed by atoms with Gasteiger partial charge in [-0.2, -0.15) is 5.26 Å². The number of anilines is 2. The number of aromatic nitrogens is 1. The Morgan fingerprint density at radius 2 is 1.63 bits per heavy atom. The number of nitrogens with one attached hydrogen (secondary N) is 1. The Balaban J connectivity index is 2.07. The van der Waals surface area contributed by atoms with Crippen molar-refractivity contribution < 1.29 is 14.2 Å². The van der Waals surface area contributed by atoms with E-state index in [1.54, 1.807) is 27.5 Å². The molecule has 0 bridgehead atoms. The van der Waals surface area contributed by atoms with Crippen molar-refractivity contribution in [2.24, 2.45) is 0 Å². The summed E-state index contributed by atoms with van der Waals surface area (Å²) >= 11 is 0. The van der Waals surface area contributed by atoms with Crippen molar-refractivity contribution in [3.63, 3.8) is 0 Å². The van der Waals surface area contributed by atoms with E-state index in [0.717, 1.165) is 22.6 Å². The van der Waals surface area contributed by atoms with Crippen LogP contribution in [-0.2, 0) is 0 Å². The second kappa shape index (κ2) is 8.11. The van der Waals surface area contributed by atoms with Gasteiger partial charge in [0.15, 0.2) is 11.5 Å². The van der Waals surface area contributed by atoms with Crippen LogP contribution >= 0.6 is 0 Å². The van der Waals surface area contributed by atoms with Crippen molar-refractivity contribution in [1.82, 2.24) is 4.98 Å². The third-order valence-electron chi connectivity index (χ3n) is 4.12. The Kier molecular flexibility index (Phi) is 5.43. The molecule has 0 spiro atoms. The van der Waals surface area contributed by atoms with Crippen molar-refractivity contribution >= 4 is 11.4 Å². The Morgan fingerprint density at radius 3 is 2.26 bits per heavy atom. The first-order valence-corrected chi connectivity index (χ1v) is 8.21. The minimum Gasteiger partial charge on any atom is -0.497 e. The van der Waals surface area contributed by atoms with Crippen LogP contribution in [0, 0.1) is 11.3 Å². The molecule has 1 heterocycles. The summed E-state index contributed by atoms with van der Waals surface area (Å²) in [6.07, 6.45) is 3.25. The van der Waals surface area contributed by atoms with Gasteiger partial charge in [0.2, 0.25) is 0 Å². The fourth-order valence-corrected chi connectivity index (χ4v) is 2.72. The van der Waals surface area contributed by atoms with E-state index < -0.39 is 0 Å². The fourth-order valence-electron chi connectivity index (χ4n) is 2.72. The molecule has 0 radical (unpaired) electrons. The van der Waals surface area contributed by atoms with Crippen LogP contribution in [-0.4, -0.2) is 26.3 Å². The molecule has 3 rings (SSSR count). The summed E-state index contributed by atoms with van der Waals surface area (Å²) < 4.78 is 15.9. The highest BCUT2D eigenvalue weighted by Gasteiger charge is 2.14. The molecule has 0 aliphatic rings. The molecule has 136 valence electrons. The smallest absolute Gasteiger partial charge is 0.161 e. The first kappa shape index (κ1) is 18.1. The van der Waals surface area contributed by atoms with Gasteiger partial charge < -0.3 is 19.5 Å². The first-order valence-electron chi connectivity index (χ1n) is 8.21. The lowest BCUT2D eigenvalue weighted by atomic mass is 10.0. The van der Waals surface area contributed by atoms with Gasteiger partial charge in [-0.15, -0.1) is 0 Å². The number of pyridine rings is 1. The third-order valence-corrected chi connectivity index (χ3v) is 4.12. The van der Waals surface area contributed by atoms with Crippen molar-refractivity contribution in [1.29, 1.82) is 5.26 Å². The van der Waals surface area contributed by atoms with Crippen LogP contribution in [0.3, 0.4) is 0 Å². The highest BCUT2D eigenvalue weighted by molar-refractivity contribution is 5.85. The molecule has 0 amide bonds. The average molecular weight is 361 g/mol. The minimum atomic E-state index is 0.443. The molecule has 0 saturated heterocycles. The van der Waals surface area contributed by atoms with Gasteiger partial charge in [0.25, 0.3) is 0 Å². The summed E-state index contributed by atoms with van der Waals surface area (Å²) in [6, 6.07) is 15.3. The van der Waals surface area contributed by atoms with Gasteiger partial charge in [0, 0.05) is 23.6 Å². The van der Waals surface area contributed by atoms with Crippen LogP contribution in [0.2, 0.25) is 0 Å². The maximum atomic E-state index is 9.54. The van der Waals surface area contributed by atoms with Crippen LogP contribution in [0.1, 0.15) is 5.56 Å². The number of nitrogens with zero attached hydrogens (tertiary/aromatic N) is 2. The molecular formula is C21H19N3O3. The van der Waals surface area contributed by atoms with E-state index in [0.29, 0.717) is 22.7 Å². The monoisotopic (exact) mass is 361 g/mol. The zero-order valence-corrected chi connectivity index (χ0v) is 15.3. The van der Waals surface area contributed by atoms with Gasteiger partial charge in [-0.25, -0.2) is 0 Å².